The molecule has 2 fully saturated rings. The molecule has 0 spiro atoms. The monoisotopic (exact) mass is 438 g/mol. The van der Waals surface area contributed by atoms with E-state index >= 15 is 0 Å². The van der Waals surface area contributed by atoms with E-state index in [1.165, 1.54) is 6.20 Å². The molecule has 10 heteroatoms. The Morgan fingerprint density at radius 3 is 2.58 bits per heavy atom. The zero-order valence-corrected chi connectivity index (χ0v) is 18.4. The van der Waals surface area contributed by atoms with Gasteiger partial charge in [0.1, 0.15) is 18.8 Å². The predicted octanol–water partition coefficient (Wildman–Crippen LogP) is 1.90. The number of carbonyl (C=O) groups excluding carboxylic acids is 2. The molecule has 2 aliphatic rings. The number of amides is 1. The van der Waals surface area contributed by atoms with Gasteiger partial charge < -0.3 is 24.4 Å². The number of nitrogens with one attached hydrogen (secondary N) is 1. The fourth-order valence-corrected chi connectivity index (χ4v) is 3.35. The molecule has 0 aromatic carbocycles. The van der Waals surface area contributed by atoms with Crippen LogP contribution in [-0.4, -0.2) is 73.6 Å². The standard InChI is InChI=1S/C21H31FN4O5/c1-4-21(5-2,20(28)30-9-8-22)25-18(27)16-10-23-17(26-11-15(12-26)29-3)19(24-16)31-13-14-6-7-14/h10,14-15H,4-9,11-13H2,1-3H3,(H,25,27). The second-order valence-electron chi connectivity index (χ2n) is 7.97. The lowest BCUT2D eigenvalue weighted by Crippen LogP contribution is -2.55. The molecule has 1 aliphatic carbocycles. The molecule has 1 N–H and O–H groups in total. The largest absolute Gasteiger partial charge is 0.475 e. The molecule has 0 radical (unpaired) electrons. The third-order valence-corrected chi connectivity index (χ3v) is 5.85. The van der Waals surface area contributed by atoms with Crippen molar-refractivity contribution >= 4 is 17.7 Å². The van der Waals surface area contributed by atoms with Gasteiger partial charge in [0.15, 0.2) is 11.5 Å². The van der Waals surface area contributed by atoms with Gasteiger partial charge >= 0.3 is 5.97 Å². The van der Waals surface area contributed by atoms with Crippen LogP contribution in [0, 0.1) is 5.92 Å². The average Bonchev–Trinajstić information content (AvgIpc) is 3.58. The van der Waals surface area contributed by atoms with Crippen molar-refractivity contribution < 1.29 is 28.2 Å². The molecule has 9 nitrogen and oxygen atoms in total. The summed E-state index contributed by atoms with van der Waals surface area (Å²) in [4.78, 5) is 36.2. The number of aromatic nitrogens is 2. The van der Waals surface area contributed by atoms with E-state index in [0.717, 1.165) is 12.8 Å². The van der Waals surface area contributed by atoms with Crippen molar-refractivity contribution in [2.24, 2.45) is 5.92 Å². The summed E-state index contributed by atoms with van der Waals surface area (Å²) in [7, 11) is 1.66. The minimum absolute atomic E-state index is 0.0444. The molecular formula is C21H31FN4O5. The van der Waals surface area contributed by atoms with Crippen molar-refractivity contribution in [1.29, 1.82) is 0 Å². The number of ether oxygens (including phenoxy) is 3. The number of esters is 1. The third-order valence-electron chi connectivity index (χ3n) is 5.85. The van der Waals surface area contributed by atoms with Gasteiger partial charge in [-0.15, -0.1) is 0 Å². The fraction of sp³-hybridized carbons (Fsp3) is 0.714. The number of methoxy groups -OCH3 is 1. The molecule has 1 aromatic rings. The lowest BCUT2D eigenvalue weighted by Gasteiger charge is -2.39. The molecule has 1 saturated heterocycles. The Bertz CT molecular complexity index is 779. The van der Waals surface area contributed by atoms with E-state index in [2.05, 4.69) is 15.3 Å². The lowest BCUT2D eigenvalue weighted by atomic mass is 9.92. The molecule has 172 valence electrons. The molecule has 3 rings (SSSR count). The zero-order chi connectivity index (χ0) is 22.4. The minimum Gasteiger partial charge on any atom is -0.475 e. The summed E-state index contributed by atoms with van der Waals surface area (Å²) in [5.74, 6) is 0.158. The Morgan fingerprint density at radius 1 is 1.29 bits per heavy atom. The maximum Gasteiger partial charge on any atom is 0.331 e. The number of hydrogen-bond donors (Lipinski definition) is 1. The van der Waals surface area contributed by atoms with Crippen molar-refractivity contribution in [1.82, 2.24) is 15.3 Å². The maximum absolute atomic E-state index is 12.9. The highest BCUT2D eigenvalue weighted by Gasteiger charge is 2.39. The Kier molecular flexibility index (Phi) is 7.64. The van der Waals surface area contributed by atoms with Gasteiger partial charge in [-0.25, -0.2) is 19.2 Å². The summed E-state index contributed by atoms with van der Waals surface area (Å²) in [5, 5.41) is 2.72. The number of alkyl halides is 1. The van der Waals surface area contributed by atoms with Crippen molar-refractivity contribution in [2.75, 3.05) is 45.0 Å². The Hall–Kier alpha value is -2.49. The summed E-state index contributed by atoms with van der Waals surface area (Å²) < 4.78 is 28.6. The Morgan fingerprint density at radius 2 is 2.00 bits per heavy atom. The molecule has 0 atom stereocenters. The quantitative estimate of drug-likeness (QED) is 0.494. The van der Waals surface area contributed by atoms with E-state index in [4.69, 9.17) is 14.2 Å². The number of carbonyl (C=O) groups is 2. The van der Waals surface area contributed by atoms with Crippen LogP contribution in [0.15, 0.2) is 6.20 Å². The molecular weight excluding hydrogens is 407 g/mol. The minimum atomic E-state index is -1.26. The first-order chi connectivity index (χ1) is 15.0. The van der Waals surface area contributed by atoms with Crippen LogP contribution in [0.1, 0.15) is 50.0 Å². The average molecular weight is 439 g/mol. The van der Waals surface area contributed by atoms with Gasteiger partial charge in [0.05, 0.1) is 18.9 Å². The van der Waals surface area contributed by atoms with Gasteiger partial charge in [0.25, 0.3) is 11.8 Å². The highest BCUT2D eigenvalue weighted by molar-refractivity contribution is 5.96. The molecule has 1 aliphatic heterocycles. The lowest BCUT2D eigenvalue weighted by molar-refractivity contribution is -0.152. The van der Waals surface area contributed by atoms with Crippen molar-refractivity contribution in [3.8, 4) is 5.88 Å². The first-order valence-corrected chi connectivity index (χ1v) is 10.8. The number of anilines is 1. The third kappa shape index (κ3) is 5.41. The van der Waals surface area contributed by atoms with Gasteiger partial charge in [-0.2, -0.15) is 0 Å². The Balaban J connectivity index is 1.77. The summed E-state index contributed by atoms with van der Waals surface area (Å²) >= 11 is 0. The Labute approximate surface area is 181 Å². The van der Waals surface area contributed by atoms with Gasteiger partial charge in [-0.3, -0.25) is 4.79 Å². The van der Waals surface area contributed by atoms with E-state index < -0.39 is 24.1 Å². The molecule has 1 amide bonds. The molecule has 1 saturated carbocycles. The van der Waals surface area contributed by atoms with Gasteiger partial charge in [-0.05, 0) is 31.6 Å². The summed E-state index contributed by atoms with van der Waals surface area (Å²) in [6.45, 7) is 4.26. The maximum atomic E-state index is 12.9. The van der Waals surface area contributed by atoms with Crippen molar-refractivity contribution in [3.63, 3.8) is 0 Å². The van der Waals surface area contributed by atoms with Crippen LogP contribution in [-0.2, 0) is 14.3 Å². The predicted molar refractivity (Wildman–Crippen MR) is 111 cm³/mol. The SMILES string of the molecule is CCC(CC)(NC(=O)c1cnc(N2CC(OC)C2)c(OCC2CC2)n1)C(=O)OCCF. The fourth-order valence-electron chi connectivity index (χ4n) is 3.35. The number of nitrogens with zero attached hydrogens (tertiary/aromatic N) is 3. The normalized spacial score (nSPS) is 16.6. The topological polar surface area (TPSA) is 103 Å². The highest BCUT2D eigenvalue weighted by atomic mass is 19.1. The van der Waals surface area contributed by atoms with Crippen LogP contribution >= 0.6 is 0 Å². The van der Waals surface area contributed by atoms with Crippen molar-refractivity contribution in [3.05, 3.63) is 11.9 Å². The molecule has 2 heterocycles. The van der Waals surface area contributed by atoms with E-state index in [1.54, 1.807) is 21.0 Å². The highest BCUT2D eigenvalue weighted by Crippen LogP contribution is 2.33. The second kappa shape index (κ2) is 10.2. The molecule has 0 unspecified atom stereocenters. The molecule has 1 aromatic heterocycles. The first kappa shape index (κ1) is 23.2. The molecule has 0 bridgehead atoms. The van der Waals surface area contributed by atoms with E-state index in [9.17, 15) is 14.0 Å². The van der Waals surface area contributed by atoms with Crippen LogP contribution in [0.5, 0.6) is 5.88 Å². The number of rotatable bonds is 12. The summed E-state index contributed by atoms with van der Waals surface area (Å²) in [6.07, 6.45) is 4.33. The molecule has 31 heavy (non-hydrogen) atoms. The van der Waals surface area contributed by atoms with E-state index in [0.29, 0.717) is 50.2 Å². The van der Waals surface area contributed by atoms with E-state index in [-0.39, 0.29) is 18.4 Å². The summed E-state index contributed by atoms with van der Waals surface area (Å²) in [5.41, 5.74) is -1.21. The van der Waals surface area contributed by atoms with Crippen LogP contribution in [0.4, 0.5) is 10.2 Å². The first-order valence-electron chi connectivity index (χ1n) is 10.8. The van der Waals surface area contributed by atoms with E-state index in [1.807, 2.05) is 4.90 Å². The zero-order valence-electron chi connectivity index (χ0n) is 18.4. The summed E-state index contributed by atoms with van der Waals surface area (Å²) in [6, 6.07) is 0. The second-order valence-corrected chi connectivity index (χ2v) is 7.97. The van der Waals surface area contributed by atoms with Gasteiger partial charge in [-0.1, -0.05) is 13.8 Å². The van der Waals surface area contributed by atoms with Crippen LogP contribution in [0.3, 0.4) is 0 Å². The van der Waals surface area contributed by atoms with Gasteiger partial charge in [0.2, 0.25) is 0 Å². The van der Waals surface area contributed by atoms with Gasteiger partial charge in [0, 0.05) is 20.2 Å². The van der Waals surface area contributed by atoms with Crippen LogP contribution in [0.2, 0.25) is 0 Å². The number of halogens is 1. The van der Waals surface area contributed by atoms with Crippen molar-refractivity contribution in [2.45, 2.75) is 51.2 Å². The van der Waals surface area contributed by atoms with Crippen LogP contribution in [0.25, 0.3) is 0 Å². The van der Waals surface area contributed by atoms with Crippen LogP contribution < -0.4 is 15.0 Å². The smallest absolute Gasteiger partial charge is 0.331 e. The number of hydrogen-bond acceptors (Lipinski definition) is 8.